The Balaban J connectivity index is 1.38. The van der Waals surface area contributed by atoms with Gasteiger partial charge < -0.3 is 9.80 Å². The monoisotopic (exact) mass is 476 g/mol. The Labute approximate surface area is 197 Å². The summed E-state index contributed by atoms with van der Waals surface area (Å²) in [6.07, 6.45) is 6.17. The lowest BCUT2D eigenvalue weighted by Gasteiger charge is -2.36. The van der Waals surface area contributed by atoms with Gasteiger partial charge in [-0.1, -0.05) is 12.5 Å². The fraction of sp³-hybridized carbons (Fsp3) is 0.667. The average molecular weight is 477 g/mol. The Morgan fingerprint density at radius 1 is 0.788 bits per heavy atom. The van der Waals surface area contributed by atoms with Crippen molar-refractivity contribution < 1.29 is 18.0 Å². The van der Waals surface area contributed by atoms with E-state index in [1.165, 1.54) is 6.42 Å². The first-order valence-corrected chi connectivity index (χ1v) is 13.7. The highest BCUT2D eigenvalue weighted by Crippen LogP contribution is 2.25. The molecule has 4 rings (SSSR count). The molecular weight excluding hydrogens is 440 g/mol. The molecule has 8 nitrogen and oxygen atoms in total. The minimum Gasteiger partial charge on any atom is -0.342 e. The summed E-state index contributed by atoms with van der Waals surface area (Å²) in [4.78, 5) is 31.8. The van der Waals surface area contributed by atoms with Crippen LogP contribution >= 0.6 is 0 Å². The van der Waals surface area contributed by atoms with Crippen LogP contribution < -0.4 is 0 Å². The van der Waals surface area contributed by atoms with Crippen molar-refractivity contribution in [3.8, 4) is 0 Å². The smallest absolute Gasteiger partial charge is 0.253 e. The number of carbonyl (C=O) groups excluding carboxylic acids is 2. The molecule has 0 bridgehead atoms. The molecular formula is C24H36N4O4S. The molecule has 0 radical (unpaired) electrons. The molecule has 3 aliphatic rings. The number of carbonyl (C=O) groups is 2. The molecule has 3 aliphatic heterocycles. The summed E-state index contributed by atoms with van der Waals surface area (Å²) in [5.41, 5.74) is 1.08. The molecule has 1 aromatic rings. The minimum absolute atomic E-state index is 0.146. The van der Waals surface area contributed by atoms with Crippen molar-refractivity contribution in [1.29, 1.82) is 0 Å². The molecule has 0 saturated carbocycles. The largest absolute Gasteiger partial charge is 0.342 e. The number of amides is 2. The normalized spacial score (nSPS) is 21.2. The van der Waals surface area contributed by atoms with E-state index in [-0.39, 0.29) is 16.7 Å². The first-order chi connectivity index (χ1) is 15.9. The van der Waals surface area contributed by atoms with Gasteiger partial charge in [-0.15, -0.1) is 0 Å². The number of piperidine rings is 2. The maximum atomic E-state index is 13.2. The molecule has 0 unspecified atom stereocenters. The Morgan fingerprint density at radius 2 is 1.39 bits per heavy atom. The molecule has 3 heterocycles. The number of piperazine rings is 1. The maximum absolute atomic E-state index is 13.2. The first kappa shape index (κ1) is 24.2. The van der Waals surface area contributed by atoms with Crippen molar-refractivity contribution in [2.24, 2.45) is 0 Å². The highest BCUT2D eigenvalue weighted by molar-refractivity contribution is 7.89. The molecule has 0 spiro atoms. The van der Waals surface area contributed by atoms with Crippen molar-refractivity contribution in [1.82, 2.24) is 19.0 Å². The van der Waals surface area contributed by atoms with Gasteiger partial charge >= 0.3 is 0 Å². The summed E-state index contributed by atoms with van der Waals surface area (Å²) < 4.78 is 27.9. The van der Waals surface area contributed by atoms with Crippen LogP contribution in [0.3, 0.4) is 0 Å². The van der Waals surface area contributed by atoms with Crippen molar-refractivity contribution in [2.45, 2.75) is 50.3 Å². The van der Waals surface area contributed by atoms with E-state index in [9.17, 15) is 18.0 Å². The van der Waals surface area contributed by atoms with E-state index in [0.29, 0.717) is 56.9 Å². The lowest BCUT2D eigenvalue weighted by molar-refractivity contribution is -0.133. The van der Waals surface area contributed by atoms with Crippen molar-refractivity contribution in [3.63, 3.8) is 0 Å². The summed E-state index contributed by atoms with van der Waals surface area (Å²) in [5, 5.41) is 0. The number of rotatable bonds is 5. The van der Waals surface area contributed by atoms with E-state index < -0.39 is 10.0 Å². The van der Waals surface area contributed by atoms with Crippen LogP contribution in [0.4, 0.5) is 0 Å². The number of benzene rings is 1. The zero-order valence-corrected chi connectivity index (χ0v) is 20.5. The van der Waals surface area contributed by atoms with E-state index >= 15 is 0 Å². The van der Waals surface area contributed by atoms with Gasteiger partial charge in [0.1, 0.15) is 0 Å². The molecule has 0 N–H and O–H groups in total. The molecule has 3 saturated heterocycles. The van der Waals surface area contributed by atoms with Gasteiger partial charge in [-0.25, -0.2) is 8.42 Å². The number of likely N-dealkylation sites (tertiary alicyclic amines) is 1. The molecule has 3 fully saturated rings. The minimum atomic E-state index is -3.60. The maximum Gasteiger partial charge on any atom is 0.253 e. The quantitative estimate of drug-likeness (QED) is 0.649. The van der Waals surface area contributed by atoms with E-state index in [4.69, 9.17) is 0 Å². The van der Waals surface area contributed by atoms with Crippen LogP contribution in [0.2, 0.25) is 0 Å². The van der Waals surface area contributed by atoms with Gasteiger partial charge in [-0.3, -0.25) is 14.5 Å². The number of hydrogen-bond acceptors (Lipinski definition) is 5. The van der Waals surface area contributed by atoms with E-state index in [0.717, 1.165) is 45.2 Å². The van der Waals surface area contributed by atoms with E-state index in [2.05, 4.69) is 4.90 Å². The van der Waals surface area contributed by atoms with Crippen molar-refractivity contribution in [3.05, 3.63) is 29.3 Å². The third-order valence-corrected chi connectivity index (χ3v) is 9.14. The summed E-state index contributed by atoms with van der Waals surface area (Å²) in [6.45, 7) is 7.35. The summed E-state index contributed by atoms with van der Waals surface area (Å²) in [6, 6.07) is 5.00. The van der Waals surface area contributed by atoms with Gasteiger partial charge in [0.05, 0.1) is 11.4 Å². The molecule has 0 atom stereocenters. The van der Waals surface area contributed by atoms with Crippen LogP contribution in [-0.4, -0.2) is 98.1 Å². The Kier molecular flexibility index (Phi) is 7.71. The van der Waals surface area contributed by atoms with E-state index in [1.807, 2.05) is 4.90 Å². The van der Waals surface area contributed by atoms with Gasteiger partial charge in [0.2, 0.25) is 15.9 Å². The highest BCUT2D eigenvalue weighted by Gasteiger charge is 2.30. The van der Waals surface area contributed by atoms with Crippen LogP contribution in [0, 0.1) is 6.92 Å². The summed E-state index contributed by atoms with van der Waals surface area (Å²) in [7, 11) is -3.60. The fourth-order valence-electron chi connectivity index (χ4n) is 4.98. The van der Waals surface area contributed by atoms with E-state index in [1.54, 1.807) is 34.3 Å². The second kappa shape index (κ2) is 10.5. The first-order valence-electron chi connectivity index (χ1n) is 12.3. The third-order valence-electron chi connectivity index (χ3n) is 7.10. The van der Waals surface area contributed by atoms with Gasteiger partial charge in [-0.05, 0) is 56.7 Å². The Morgan fingerprint density at radius 3 is 2.03 bits per heavy atom. The molecule has 33 heavy (non-hydrogen) atoms. The van der Waals surface area contributed by atoms with Crippen LogP contribution in [0.15, 0.2) is 23.1 Å². The van der Waals surface area contributed by atoms with Crippen LogP contribution in [0.5, 0.6) is 0 Å². The topological polar surface area (TPSA) is 81.2 Å². The highest BCUT2D eigenvalue weighted by atomic mass is 32.2. The van der Waals surface area contributed by atoms with Gasteiger partial charge in [-0.2, -0.15) is 4.31 Å². The predicted molar refractivity (Wildman–Crippen MR) is 127 cm³/mol. The van der Waals surface area contributed by atoms with Crippen LogP contribution in [-0.2, 0) is 14.8 Å². The molecule has 0 aliphatic carbocycles. The lowest BCUT2D eigenvalue weighted by atomic mass is 10.1. The number of hydrogen-bond donors (Lipinski definition) is 0. The molecule has 9 heteroatoms. The van der Waals surface area contributed by atoms with Crippen molar-refractivity contribution >= 4 is 21.8 Å². The van der Waals surface area contributed by atoms with Crippen LogP contribution in [0.1, 0.15) is 54.4 Å². The van der Waals surface area contributed by atoms with Gasteiger partial charge in [0, 0.05) is 57.9 Å². The zero-order chi connectivity index (χ0) is 23.4. The second-order valence-electron chi connectivity index (χ2n) is 9.45. The van der Waals surface area contributed by atoms with Gasteiger partial charge in [0.15, 0.2) is 0 Å². The lowest BCUT2D eigenvalue weighted by Crippen LogP contribution is -2.52. The SMILES string of the molecule is Cc1ccc(C(=O)N2CCN(CC(=O)N3CCCCC3)CC2)cc1S(=O)(=O)N1CCCCC1. The number of nitrogens with zero attached hydrogens (tertiary/aromatic N) is 4. The fourth-order valence-corrected chi connectivity index (χ4v) is 6.75. The standard InChI is InChI=1S/C24H36N4O4S/c1-20-8-9-21(18-22(20)33(31,32)28-12-6-3-7-13-28)24(30)27-16-14-25(15-17-27)19-23(29)26-10-4-2-5-11-26/h8-9,18H,2-7,10-17,19H2,1H3. The average Bonchev–Trinajstić information content (AvgIpc) is 2.85. The Bertz CT molecular complexity index is 961. The molecule has 1 aromatic carbocycles. The molecule has 0 aromatic heterocycles. The third kappa shape index (κ3) is 5.58. The Hall–Kier alpha value is -1.97. The van der Waals surface area contributed by atoms with Crippen LogP contribution in [0.25, 0.3) is 0 Å². The van der Waals surface area contributed by atoms with Crippen molar-refractivity contribution in [2.75, 3.05) is 58.9 Å². The number of sulfonamides is 1. The second-order valence-corrected chi connectivity index (χ2v) is 11.4. The molecule has 2 amide bonds. The van der Waals surface area contributed by atoms with Gasteiger partial charge in [0.25, 0.3) is 5.91 Å². The molecule has 182 valence electrons. The number of aryl methyl sites for hydroxylation is 1. The summed E-state index contributed by atoms with van der Waals surface area (Å²) >= 11 is 0. The summed E-state index contributed by atoms with van der Waals surface area (Å²) in [5.74, 6) is 0.0349. The predicted octanol–water partition coefficient (Wildman–Crippen LogP) is 1.94. The zero-order valence-electron chi connectivity index (χ0n) is 19.7.